The molecule has 4 rings (SSSR count). The number of fused-ring (bicyclic) bond motifs is 1. The Kier molecular flexibility index (Phi) is 5.62. The van der Waals surface area contributed by atoms with E-state index < -0.39 is 0 Å². The Morgan fingerprint density at radius 1 is 0.929 bits per heavy atom. The van der Waals surface area contributed by atoms with E-state index in [0.29, 0.717) is 45.4 Å². The van der Waals surface area contributed by atoms with Crippen LogP contribution in [0.15, 0.2) is 48.7 Å². The fourth-order valence-corrected chi connectivity index (χ4v) is 4.34. The lowest BCUT2D eigenvalue weighted by molar-refractivity contribution is -0.139. The third-order valence-electron chi connectivity index (χ3n) is 4.93. The van der Waals surface area contributed by atoms with E-state index in [-0.39, 0.29) is 11.8 Å². The molecule has 1 aliphatic rings. The van der Waals surface area contributed by atoms with Crippen molar-refractivity contribution in [3.8, 4) is 0 Å². The third kappa shape index (κ3) is 4.36. The lowest BCUT2D eigenvalue weighted by Crippen LogP contribution is -2.51. The summed E-state index contributed by atoms with van der Waals surface area (Å²) in [6.07, 6.45) is 3.13. The molecule has 144 valence electrons. The standard InChI is InChI=1S/C21H22N4O2S/c26-20(9-8-19-23-17-6-1-2-7-18(17)28-19)24-11-13-25(14-12-24)21(27)15-16-5-3-4-10-22-16/h1-7,10H,8-9,11-15H2. The summed E-state index contributed by atoms with van der Waals surface area (Å²) >= 11 is 1.65. The molecule has 28 heavy (non-hydrogen) atoms. The Morgan fingerprint density at radius 2 is 1.64 bits per heavy atom. The number of hydrogen-bond acceptors (Lipinski definition) is 5. The van der Waals surface area contributed by atoms with E-state index >= 15 is 0 Å². The summed E-state index contributed by atoms with van der Waals surface area (Å²) < 4.78 is 1.16. The Morgan fingerprint density at radius 3 is 2.36 bits per heavy atom. The summed E-state index contributed by atoms with van der Waals surface area (Å²) in [5.41, 5.74) is 1.77. The second kappa shape index (κ2) is 8.48. The molecule has 0 saturated carbocycles. The third-order valence-corrected chi connectivity index (χ3v) is 6.03. The van der Waals surface area contributed by atoms with E-state index in [4.69, 9.17) is 0 Å². The largest absolute Gasteiger partial charge is 0.339 e. The molecule has 6 nitrogen and oxygen atoms in total. The molecular weight excluding hydrogens is 372 g/mol. The van der Waals surface area contributed by atoms with Gasteiger partial charge in [0.05, 0.1) is 21.6 Å². The van der Waals surface area contributed by atoms with Crippen LogP contribution in [-0.2, 0) is 22.4 Å². The van der Waals surface area contributed by atoms with E-state index in [9.17, 15) is 9.59 Å². The van der Waals surface area contributed by atoms with Gasteiger partial charge in [0.25, 0.3) is 0 Å². The van der Waals surface area contributed by atoms with Crippen molar-refractivity contribution in [1.82, 2.24) is 19.8 Å². The SMILES string of the molecule is O=C(CCc1nc2ccccc2s1)N1CCN(C(=O)Cc2ccccn2)CC1. The van der Waals surface area contributed by atoms with Crippen molar-refractivity contribution < 1.29 is 9.59 Å². The van der Waals surface area contributed by atoms with Crippen LogP contribution in [0.4, 0.5) is 0 Å². The number of hydrogen-bond donors (Lipinski definition) is 0. The van der Waals surface area contributed by atoms with Crippen molar-refractivity contribution in [2.45, 2.75) is 19.3 Å². The first-order valence-electron chi connectivity index (χ1n) is 9.49. The number of rotatable bonds is 5. The average molecular weight is 395 g/mol. The molecule has 0 radical (unpaired) electrons. The first-order chi connectivity index (χ1) is 13.7. The van der Waals surface area contributed by atoms with Gasteiger partial charge in [0.2, 0.25) is 11.8 Å². The zero-order valence-electron chi connectivity index (χ0n) is 15.6. The van der Waals surface area contributed by atoms with Gasteiger partial charge >= 0.3 is 0 Å². The second-order valence-corrected chi connectivity index (χ2v) is 7.95. The molecule has 1 aromatic carbocycles. The molecule has 7 heteroatoms. The summed E-state index contributed by atoms with van der Waals surface area (Å²) in [5, 5.41) is 0.999. The van der Waals surface area contributed by atoms with Gasteiger partial charge in [-0.15, -0.1) is 11.3 Å². The molecule has 0 unspecified atom stereocenters. The number of carbonyl (C=O) groups excluding carboxylic acids is 2. The van der Waals surface area contributed by atoms with Crippen LogP contribution in [0.1, 0.15) is 17.1 Å². The van der Waals surface area contributed by atoms with E-state index in [1.54, 1.807) is 17.5 Å². The fraction of sp³-hybridized carbons (Fsp3) is 0.333. The average Bonchev–Trinajstić information content (AvgIpc) is 3.16. The van der Waals surface area contributed by atoms with Crippen molar-refractivity contribution >= 4 is 33.4 Å². The minimum Gasteiger partial charge on any atom is -0.339 e. The molecule has 2 aromatic heterocycles. The maximum absolute atomic E-state index is 12.5. The summed E-state index contributed by atoms with van der Waals surface area (Å²) in [6, 6.07) is 13.6. The van der Waals surface area contributed by atoms with Gasteiger partial charge in [0.15, 0.2) is 0 Å². The summed E-state index contributed by atoms with van der Waals surface area (Å²) in [7, 11) is 0. The van der Waals surface area contributed by atoms with Crippen molar-refractivity contribution in [3.05, 3.63) is 59.4 Å². The monoisotopic (exact) mass is 394 g/mol. The lowest BCUT2D eigenvalue weighted by atomic mass is 10.2. The molecule has 0 atom stereocenters. The van der Waals surface area contributed by atoms with Crippen molar-refractivity contribution in [2.24, 2.45) is 0 Å². The van der Waals surface area contributed by atoms with Crippen molar-refractivity contribution in [1.29, 1.82) is 0 Å². The minimum atomic E-state index is 0.0697. The molecule has 1 fully saturated rings. The maximum atomic E-state index is 12.5. The molecular formula is C21H22N4O2S. The summed E-state index contributed by atoms with van der Waals surface area (Å²) in [4.78, 5) is 37.4. The predicted molar refractivity (Wildman–Crippen MR) is 109 cm³/mol. The highest BCUT2D eigenvalue weighted by Gasteiger charge is 2.24. The first kappa shape index (κ1) is 18.6. The number of thiazole rings is 1. The molecule has 1 saturated heterocycles. The smallest absolute Gasteiger partial charge is 0.228 e. The number of piperazine rings is 1. The second-order valence-electron chi connectivity index (χ2n) is 6.83. The molecule has 2 amide bonds. The number of benzene rings is 1. The Balaban J connectivity index is 1.25. The first-order valence-corrected chi connectivity index (χ1v) is 10.3. The molecule has 0 bridgehead atoms. The Hall–Kier alpha value is -2.80. The fourth-order valence-electron chi connectivity index (χ4n) is 3.37. The van der Waals surface area contributed by atoms with Gasteiger partial charge in [-0.3, -0.25) is 14.6 Å². The number of pyridine rings is 1. The minimum absolute atomic E-state index is 0.0697. The molecule has 0 N–H and O–H groups in total. The van der Waals surface area contributed by atoms with E-state index in [1.165, 1.54) is 0 Å². The predicted octanol–water partition coefficient (Wildman–Crippen LogP) is 2.54. The molecule has 3 aromatic rings. The van der Waals surface area contributed by atoms with Crippen molar-refractivity contribution in [2.75, 3.05) is 26.2 Å². The highest BCUT2D eigenvalue weighted by Crippen LogP contribution is 2.22. The number of aryl methyl sites for hydroxylation is 1. The number of amides is 2. The van der Waals surface area contributed by atoms with Crippen LogP contribution in [0.25, 0.3) is 10.2 Å². The van der Waals surface area contributed by atoms with Crippen LogP contribution in [0.2, 0.25) is 0 Å². The molecule has 3 heterocycles. The quantitative estimate of drug-likeness (QED) is 0.667. The Bertz CT molecular complexity index is 932. The lowest BCUT2D eigenvalue weighted by Gasteiger charge is -2.34. The van der Waals surface area contributed by atoms with Crippen molar-refractivity contribution in [3.63, 3.8) is 0 Å². The van der Waals surface area contributed by atoms with Gasteiger partial charge < -0.3 is 9.80 Å². The van der Waals surface area contributed by atoms with E-state index in [0.717, 1.165) is 20.9 Å². The Labute approximate surface area is 167 Å². The van der Waals surface area contributed by atoms with E-state index in [1.807, 2.05) is 46.2 Å². The number of aromatic nitrogens is 2. The molecule has 0 aliphatic carbocycles. The maximum Gasteiger partial charge on any atom is 0.228 e. The van der Waals surface area contributed by atoms with Gasteiger partial charge in [-0.1, -0.05) is 18.2 Å². The van der Waals surface area contributed by atoms with Crippen LogP contribution < -0.4 is 0 Å². The zero-order valence-corrected chi connectivity index (χ0v) is 16.4. The van der Waals surface area contributed by atoms with Gasteiger partial charge in [-0.2, -0.15) is 0 Å². The zero-order chi connectivity index (χ0) is 19.3. The molecule has 0 spiro atoms. The van der Waals surface area contributed by atoms with E-state index in [2.05, 4.69) is 16.0 Å². The summed E-state index contributed by atoms with van der Waals surface area (Å²) in [6.45, 7) is 2.34. The van der Waals surface area contributed by atoms with Crippen LogP contribution in [-0.4, -0.2) is 57.8 Å². The number of carbonyl (C=O) groups is 2. The van der Waals surface area contributed by atoms with Gasteiger partial charge in [0, 0.05) is 50.9 Å². The topological polar surface area (TPSA) is 66.4 Å². The number of nitrogens with zero attached hydrogens (tertiary/aromatic N) is 4. The highest BCUT2D eigenvalue weighted by molar-refractivity contribution is 7.18. The normalized spacial score (nSPS) is 14.4. The van der Waals surface area contributed by atoms with Crippen LogP contribution in [0.3, 0.4) is 0 Å². The summed E-state index contributed by atoms with van der Waals surface area (Å²) in [5.74, 6) is 0.205. The van der Waals surface area contributed by atoms with Crippen LogP contribution in [0, 0.1) is 0 Å². The number of para-hydroxylation sites is 1. The van der Waals surface area contributed by atoms with Gasteiger partial charge in [-0.05, 0) is 24.3 Å². The van der Waals surface area contributed by atoms with Gasteiger partial charge in [-0.25, -0.2) is 4.98 Å². The van der Waals surface area contributed by atoms with Crippen LogP contribution in [0.5, 0.6) is 0 Å². The molecule has 1 aliphatic heterocycles. The highest BCUT2D eigenvalue weighted by atomic mass is 32.1. The van der Waals surface area contributed by atoms with Gasteiger partial charge in [0.1, 0.15) is 0 Å². The van der Waals surface area contributed by atoms with Crippen LogP contribution >= 0.6 is 11.3 Å².